The van der Waals surface area contributed by atoms with Gasteiger partial charge in [0.15, 0.2) is 6.10 Å². The summed E-state index contributed by atoms with van der Waals surface area (Å²) >= 11 is 1.62. The molecule has 0 unspecified atom stereocenters. The highest BCUT2D eigenvalue weighted by Gasteiger charge is 2.33. The van der Waals surface area contributed by atoms with Crippen molar-refractivity contribution >= 4 is 29.3 Å². The molecule has 124 valence electrons. The van der Waals surface area contributed by atoms with E-state index < -0.39 is 6.10 Å². The van der Waals surface area contributed by atoms with Crippen LogP contribution in [-0.4, -0.2) is 37.8 Å². The van der Waals surface area contributed by atoms with Crippen LogP contribution in [0.25, 0.3) is 0 Å². The van der Waals surface area contributed by atoms with Crippen molar-refractivity contribution in [2.24, 2.45) is 0 Å². The maximum Gasteiger partial charge on any atom is 0.262 e. The van der Waals surface area contributed by atoms with Gasteiger partial charge in [-0.2, -0.15) is 0 Å². The van der Waals surface area contributed by atoms with Gasteiger partial charge in [0, 0.05) is 17.5 Å². The number of hydrogen-bond donors (Lipinski definition) is 1. The highest BCUT2D eigenvalue weighted by molar-refractivity contribution is 7.98. The largest absolute Gasteiger partial charge is 0.477 e. The SMILES string of the molecule is CNC(=O)[C@H]1CN(C(=O)c2ccc(SC)cc2)c2ccccc2O1. The molecule has 24 heavy (non-hydrogen) atoms. The van der Waals surface area contributed by atoms with E-state index in [1.54, 1.807) is 41.9 Å². The van der Waals surface area contributed by atoms with E-state index in [9.17, 15) is 9.59 Å². The molecule has 1 aliphatic heterocycles. The first kappa shape index (κ1) is 16.4. The standard InChI is InChI=1S/C18H18N2O3S/c1-19-17(21)16-11-20(14-5-3-4-6-15(14)23-16)18(22)12-7-9-13(24-2)10-8-12/h3-10,16H,11H2,1-2H3,(H,19,21)/t16-/m1/s1. The van der Waals surface area contributed by atoms with Crippen molar-refractivity contribution < 1.29 is 14.3 Å². The van der Waals surface area contributed by atoms with Crippen LogP contribution < -0.4 is 15.0 Å². The number of nitrogens with one attached hydrogen (secondary N) is 1. The first-order valence-corrected chi connectivity index (χ1v) is 8.79. The lowest BCUT2D eigenvalue weighted by atomic mass is 10.1. The molecule has 2 amide bonds. The molecule has 0 aromatic heterocycles. The predicted molar refractivity (Wildman–Crippen MR) is 94.8 cm³/mol. The zero-order valence-corrected chi connectivity index (χ0v) is 14.3. The van der Waals surface area contributed by atoms with E-state index >= 15 is 0 Å². The molecule has 2 aromatic rings. The summed E-state index contributed by atoms with van der Waals surface area (Å²) in [4.78, 5) is 27.6. The zero-order chi connectivity index (χ0) is 17.1. The minimum absolute atomic E-state index is 0.146. The van der Waals surface area contributed by atoms with Gasteiger partial charge in [0.2, 0.25) is 0 Å². The summed E-state index contributed by atoms with van der Waals surface area (Å²) in [6, 6.07) is 14.7. The Morgan fingerprint density at radius 2 is 1.88 bits per heavy atom. The Hall–Kier alpha value is -2.47. The summed E-state index contributed by atoms with van der Waals surface area (Å²) in [5, 5.41) is 2.58. The average Bonchev–Trinajstić information content (AvgIpc) is 2.66. The van der Waals surface area contributed by atoms with Gasteiger partial charge in [0.1, 0.15) is 5.75 Å². The monoisotopic (exact) mass is 342 g/mol. The molecule has 2 aromatic carbocycles. The van der Waals surface area contributed by atoms with E-state index in [4.69, 9.17) is 4.74 Å². The lowest BCUT2D eigenvalue weighted by Gasteiger charge is -2.34. The molecule has 0 saturated heterocycles. The van der Waals surface area contributed by atoms with Crippen LogP contribution in [0.2, 0.25) is 0 Å². The molecule has 0 aliphatic carbocycles. The van der Waals surface area contributed by atoms with Crippen molar-refractivity contribution in [3.8, 4) is 5.75 Å². The van der Waals surface area contributed by atoms with Gasteiger partial charge >= 0.3 is 0 Å². The second-order valence-electron chi connectivity index (χ2n) is 5.33. The van der Waals surface area contributed by atoms with Crippen molar-refractivity contribution in [1.29, 1.82) is 0 Å². The van der Waals surface area contributed by atoms with Crippen LogP contribution in [0, 0.1) is 0 Å². The number of fused-ring (bicyclic) bond motifs is 1. The molecular formula is C18H18N2O3S. The fraction of sp³-hybridized carbons (Fsp3) is 0.222. The Labute approximate surface area is 145 Å². The third-order valence-electron chi connectivity index (χ3n) is 3.89. The smallest absolute Gasteiger partial charge is 0.262 e. The summed E-state index contributed by atoms with van der Waals surface area (Å²) in [6.07, 6.45) is 1.27. The number of benzene rings is 2. The van der Waals surface area contributed by atoms with Gasteiger partial charge in [0.25, 0.3) is 11.8 Å². The van der Waals surface area contributed by atoms with E-state index in [0.29, 0.717) is 17.0 Å². The molecule has 0 spiro atoms. The fourth-order valence-corrected chi connectivity index (χ4v) is 3.02. The molecular weight excluding hydrogens is 324 g/mol. The number of rotatable bonds is 3. The molecule has 1 aliphatic rings. The Morgan fingerprint density at radius 1 is 1.17 bits per heavy atom. The quantitative estimate of drug-likeness (QED) is 0.871. The van der Waals surface area contributed by atoms with Crippen molar-refractivity contribution in [3.63, 3.8) is 0 Å². The summed E-state index contributed by atoms with van der Waals surface area (Å²) in [6.45, 7) is 0.180. The van der Waals surface area contributed by atoms with Gasteiger partial charge in [-0.15, -0.1) is 11.8 Å². The summed E-state index contributed by atoms with van der Waals surface area (Å²) in [7, 11) is 1.56. The van der Waals surface area contributed by atoms with E-state index in [2.05, 4.69) is 5.32 Å². The van der Waals surface area contributed by atoms with E-state index in [1.807, 2.05) is 36.6 Å². The molecule has 0 radical (unpaired) electrons. The second kappa shape index (κ2) is 6.97. The van der Waals surface area contributed by atoms with Gasteiger partial charge < -0.3 is 15.0 Å². The van der Waals surface area contributed by atoms with Crippen LogP contribution in [-0.2, 0) is 4.79 Å². The summed E-state index contributed by atoms with van der Waals surface area (Å²) in [5.41, 5.74) is 1.26. The lowest BCUT2D eigenvalue weighted by Crippen LogP contribution is -2.50. The third kappa shape index (κ3) is 3.10. The molecule has 1 N–H and O–H groups in total. The lowest BCUT2D eigenvalue weighted by molar-refractivity contribution is -0.127. The summed E-state index contributed by atoms with van der Waals surface area (Å²) in [5.74, 6) is 0.138. The van der Waals surface area contributed by atoms with Gasteiger partial charge in [0.05, 0.1) is 12.2 Å². The van der Waals surface area contributed by atoms with E-state index in [1.165, 1.54) is 0 Å². The Kier molecular flexibility index (Phi) is 4.76. The van der Waals surface area contributed by atoms with Gasteiger partial charge in [-0.05, 0) is 42.7 Å². The molecule has 3 rings (SSSR count). The number of hydrogen-bond acceptors (Lipinski definition) is 4. The number of thioether (sulfide) groups is 1. The van der Waals surface area contributed by atoms with Crippen LogP contribution in [0.15, 0.2) is 53.4 Å². The summed E-state index contributed by atoms with van der Waals surface area (Å²) < 4.78 is 5.73. The number of anilines is 1. The normalized spacial score (nSPS) is 16.1. The Bertz CT molecular complexity index is 761. The molecule has 0 saturated carbocycles. The number of amides is 2. The number of para-hydroxylation sites is 2. The second-order valence-corrected chi connectivity index (χ2v) is 6.21. The first-order valence-electron chi connectivity index (χ1n) is 7.57. The maximum atomic E-state index is 13.0. The number of likely N-dealkylation sites (N-methyl/N-ethyl adjacent to an activating group) is 1. The van der Waals surface area contributed by atoms with Gasteiger partial charge in [-0.3, -0.25) is 9.59 Å². The third-order valence-corrected chi connectivity index (χ3v) is 4.64. The van der Waals surface area contributed by atoms with Crippen molar-refractivity contribution in [2.75, 3.05) is 24.7 Å². The van der Waals surface area contributed by atoms with Crippen LogP contribution in [0.1, 0.15) is 10.4 Å². The highest BCUT2D eigenvalue weighted by atomic mass is 32.2. The van der Waals surface area contributed by atoms with Crippen LogP contribution in [0.4, 0.5) is 5.69 Å². The topological polar surface area (TPSA) is 58.6 Å². The first-order chi connectivity index (χ1) is 11.6. The van der Waals surface area contributed by atoms with Crippen LogP contribution in [0.3, 0.4) is 0 Å². The minimum atomic E-state index is -0.723. The van der Waals surface area contributed by atoms with E-state index in [0.717, 1.165) is 4.90 Å². The molecule has 1 heterocycles. The fourth-order valence-electron chi connectivity index (χ4n) is 2.61. The minimum Gasteiger partial charge on any atom is -0.477 e. The number of nitrogens with zero attached hydrogens (tertiary/aromatic N) is 1. The van der Waals surface area contributed by atoms with E-state index in [-0.39, 0.29) is 18.4 Å². The van der Waals surface area contributed by atoms with Gasteiger partial charge in [-0.25, -0.2) is 0 Å². The van der Waals surface area contributed by atoms with Crippen molar-refractivity contribution in [1.82, 2.24) is 5.32 Å². The maximum absolute atomic E-state index is 13.0. The molecule has 5 nitrogen and oxygen atoms in total. The molecule has 6 heteroatoms. The number of carbonyl (C=O) groups is 2. The van der Waals surface area contributed by atoms with Gasteiger partial charge in [-0.1, -0.05) is 12.1 Å². The van der Waals surface area contributed by atoms with Crippen molar-refractivity contribution in [2.45, 2.75) is 11.0 Å². The zero-order valence-electron chi connectivity index (χ0n) is 13.5. The highest BCUT2D eigenvalue weighted by Crippen LogP contribution is 2.34. The van der Waals surface area contributed by atoms with Crippen molar-refractivity contribution in [3.05, 3.63) is 54.1 Å². The number of ether oxygens (including phenoxy) is 1. The Morgan fingerprint density at radius 3 is 2.54 bits per heavy atom. The molecule has 0 fully saturated rings. The van der Waals surface area contributed by atoms with Crippen LogP contribution >= 0.6 is 11.8 Å². The van der Waals surface area contributed by atoms with Crippen LogP contribution in [0.5, 0.6) is 5.75 Å². The number of carbonyl (C=O) groups excluding carboxylic acids is 2. The predicted octanol–water partition coefficient (Wildman–Crippen LogP) is 2.56. The Balaban J connectivity index is 1.94. The average molecular weight is 342 g/mol. The molecule has 0 bridgehead atoms. The molecule has 1 atom stereocenters.